The molecule has 0 N–H and O–H groups in total. The van der Waals surface area contributed by atoms with Crippen molar-refractivity contribution in [2.75, 3.05) is 14.1 Å². The molecule has 0 aromatic carbocycles. The molecule has 2 rings (SSSR count). The minimum Gasteiger partial charge on any atom is -0.341 e. The lowest BCUT2D eigenvalue weighted by atomic mass is 10.3. The van der Waals surface area contributed by atoms with E-state index in [9.17, 15) is 0 Å². The van der Waals surface area contributed by atoms with Crippen molar-refractivity contribution in [3.8, 4) is 0 Å². The highest BCUT2D eigenvalue weighted by atomic mass is 15.1. The van der Waals surface area contributed by atoms with Gasteiger partial charge in [-0.05, 0) is 47.7 Å². The van der Waals surface area contributed by atoms with Crippen LogP contribution < -0.4 is 0 Å². The standard InChI is InChI=1S/C6H10N2.C5H13N.C4H6N2.C4H10.5C2H6/c1-6(2)8-4-3-7-5-8;1-5(2)6(3)4;1-6-3-2-5-4-6;1-4(2)3;5*1-2/h3-6H,1-2H3;5H,1-4H3;2-4H,1H3;4H,1-3H3;5*1-2H3. The Morgan fingerprint density at radius 3 is 0.971 bits per heavy atom. The smallest absolute Gasteiger partial charge is 0.0948 e. The Hall–Kier alpha value is -1.62. The lowest BCUT2D eigenvalue weighted by Gasteiger charge is -2.12. The summed E-state index contributed by atoms with van der Waals surface area (Å²) in [6.07, 6.45) is 11.0. The lowest BCUT2D eigenvalue weighted by Crippen LogP contribution is -2.20. The Kier molecular flexibility index (Phi) is 70.9. The van der Waals surface area contributed by atoms with Gasteiger partial charge in [-0.1, -0.05) is 90.0 Å². The molecule has 0 atom stereocenters. The number of nitrogens with zero attached hydrogens (tertiary/aromatic N) is 5. The van der Waals surface area contributed by atoms with Crippen LogP contribution in [0.15, 0.2) is 37.4 Å². The van der Waals surface area contributed by atoms with Gasteiger partial charge in [0, 0.05) is 43.9 Å². The molecule has 0 unspecified atom stereocenters. The average Bonchev–Trinajstić information content (AvgIpc) is 3.55. The zero-order valence-electron chi connectivity index (χ0n) is 27.4. The van der Waals surface area contributed by atoms with Crippen molar-refractivity contribution in [3.63, 3.8) is 0 Å². The number of hydrogen-bond acceptors (Lipinski definition) is 3. The summed E-state index contributed by atoms with van der Waals surface area (Å²) in [4.78, 5) is 9.86. The monoisotopic (exact) mass is 488 g/mol. The number of rotatable bonds is 2. The van der Waals surface area contributed by atoms with Crippen LogP contribution >= 0.6 is 0 Å². The lowest BCUT2D eigenvalue weighted by molar-refractivity contribution is 0.335. The van der Waals surface area contributed by atoms with Crippen LogP contribution in [0.2, 0.25) is 0 Å². The predicted molar refractivity (Wildman–Crippen MR) is 162 cm³/mol. The molecule has 0 aliphatic carbocycles. The van der Waals surface area contributed by atoms with Gasteiger partial charge in [0.1, 0.15) is 0 Å². The van der Waals surface area contributed by atoms with Gasteiger partial charge >= 0.3 is 0 Å². The summed E-state index contributed by atoms with van der Waals surface area (Å²) in [5.41, 5.74) is 0. The molecule has 0 aliphatic rings. The second-order valence-corrected chi connectivity index (χ2v) is 7.12. The molecule has 2 aromatic rings. The van der Waals surface area contributed by atoms with Crippen molar-refractivity contribution in [2.45, 2.75) is 130 Å². The van der Waals surface area contributed by atoms with Crippen molar-refractivity contribution >= 4 is 0 Å². The summed E-state index contributed by atoms with van der Waals surface area (Å²) in [6, 6.07) is 1.22. The third-order valence-corrected chi connectivity index (χ3v) is 2.79. The van der Waals surface area contributed by atoms with E-state index in [-0.39, 0.29) is 0 Å². The minimum atomic E-state index is 0.539. The van der Waals surface area contributed by atoms with Crippen LogP contribution in [-0.2, 0) is 7.05 Å². The van der Waals surface area contributed by atoms with Crippen molar-refractivity contribution in [1.29, 1.82) is 0 Å². The Bertz CT molecular complexity index is 436. The van der Waals surface area contributed by atoms with Gasteiger partial charge in [0.15, 0.2) is 0 Å². The molecule has 2 heterocycles. The molecule has 34 heavy (non-hydrogen) atoms. The van der Waals surface area contributed by atoms with E-state index in [1.54, 1.807) is 18.7 Å². The van der Waals surface area contributed by atoms with Crippen LogP contribution in [0, 0.1) is 5.92 Å². The number of aryl methyl sites for hydroxylation is 1. The van der Waals surface area contributed by atoms with Gasteiger partial charge in [0.05, 0.1) is 12.7 Å². The zero-order chi connectivity index (χ0) is 29.1. The van der Waals surface area contributed by atoms with Crippen molar-refractivity contribution in [1.82, 2.24) is 24.0 Å². The summed E-state index contributed by atoms with van der Waals surface area (Å²) in [7, 11) is 6.09. The van der Waals surface area contributed by atoms with Gasteiger partial charge < -0.3 is 14.0 Å². The second-order valence-electron chi connectivity index (χ2n) is 7.12. The first-order valence-corrected chi connectivity index (χ1v) is 13.6. The molecule has 2 aromatic heterocycles. The van der Waals surface area contributed by atoms with Gasteiger partial charge in [-0.2, -0.15) is 0 Å². The fourth-order valence-electron chi connectivity index (χ4n) is 0.901. The molecule has 5 heteroatoms. The normalized spacial score (nSPS) is 7.88. The first-order chi connectivity index (χ1) is 16.1. The molecule has 0 spiro atoms. The van der Waals surface area contributed by atoms with E-state index in [1.807, 2.05) is 99.6 Å². The fraction of sp³-hybridized carbons (Fsp3) is 0.793. The summed E-state index contributed by atoms with van der Waals surface area (Å²) >= 11 is 0. The molecule has 210 valence electrons. The highest BCUT2D eigenvalue weighted by Crippen LogP contribution is 1.99. The summed E-state index contributed by atoms with van der Waals surface area (Å²) in [5, 5.41) is 0. The highest BCUT2D eigenvalue weighted by Gasteiger charge is 1.91. The Morgan fingerprint density at radius 1 is 0.588 bits per heavy atom. The minimum absolute atomic E-state index is 0.539. The van der Waals surface area contributed by atoms with Gasteiger partial charge in [0.25, 0.3) is 0 Å². The van der Waals surface area contributed by atoms with E-state index in [2.05, 4.69) is 82.0 Å². The maximum atomic E-state index is 3.91. The largest absolute Gasteiger partial charge is 0.341 e. The van der Waals surface area contributed by atoms with Crippen molar-refractivity contribution in [2.24, 2.45) is 13.0 Å². The van der Waals surface area contributed by atoms with E-state index in [4.69, 9.17) is 0 Å². The van der Waals surface area contributed by atoms with Crippen LogP contribution in [-0.4, -0.2) is 44.1 Å². The van der Waals surface area contributed by atoms with E-state index in [0.717, 1.165) is 5.92 Å². The fourth-order valence-corrected chi connectivity index (χ4v) is 0.901. The molecule has 0 saturated carbocycles. The quantitative estimate of drug-likeness (QED) is 0.423. The predicted octanol–water partition coefficient (Wildman–Crippen LogP) is 9.63. The third kappa shape index (κ3) is 63.1. The van der Waals surface area contributed by atoms with Gasteiger partial charge in [-0.3, -0.25) is 0 Å². The molecule has 0 fully saturated rings. The van der Waals surface area contributed by atoms with Gasteiger partial charge in [-0.25, -0.2) is 9.97 Å². The Labute approximate surface area is 218 Å². The van der Waals surface area contributed by atoms with Crippen LogP contribution in [0.5, 0.6) is 0 Å². The molecule has 0 bridgehead atoms. The van der Waals surface area contributed by atoms with E-state index in [1.165, 1.54) is 0 Å². The van der Waals surface area contributed by atoms with Crippen LogP contribution in [0.3, 0.4) is 0 Å². The van der Waals surface area contributed by atoms with Crippen LogP contribution in [0.4, 0.5) is 0 Å². The van der Waals surface area contributed by atoms with Crippen LogP contribution in [0.25, 0.3) is 0 Å². The van der Waals surface area contributed by atoms with Crippen LogP contribution in [0.1, 0.15) is 124 Å². The number of hydrogen-bond donors (Lipinski definition) is 0. The SMILES string of the molecule is CC.CC.CC.CC.CC.CC(C)C.CC(C)N(C)C.CC(C)n1ccnc1.Cn1ccnc1. The van der Waals surface area contributed by atoms with E-state index in [0.29, 0.717) is 12.1 Å². The molecular weight excluding hydrogens is 418 g/mol. The zero-order valence-corrected chi connectivity index (χ0v) is 27.4. The van der Waals surface area contributed by atoms with Gasteiger partial charge in [-0.15, -0.1) is 0 Å². The number of imidazole rings is 2. The number of aromatic nitrogens is 4. The van der Waals surface area contributed by atoms with Gasteiger partial charge in [0.2, 0.25) is 0 Å². The average molecular weight is 488 g/mol. The second kappa shape index (κ2) is 48.7. The first-order valence-electron chi connectivity index (χ1n) is 13.6. The summed E-state index contributed by atoms with van der Waals surface area (Å²) < 4.78 is 3.94. The maximum absolute atomic E-state index is 3.91. The highest BCUT2D eigenvalue weighted by molar-refractivity contribution is 4.76. The molecule has 0 amide bonds. The maximum Gasteiger partial charge on any atom is 0.0948 e. The summed E-state index contributed by atoms with van der Waals surface area (Å²) in [6.45, 7) is 35.1. The van der Waals surface area contributed by atoms with Crippen molar-refractivity contribution in [3.05, 3.63) is 37.4 Å². The molecular formula is C29H69N5. The topological polar surface area (TPSA) is 38.9 Å². The molecule has 0 saturated heterocycles. The molecule has 0 radical (unpaired) electrons. The Balaban J connectivity index is -0.0000000517. The first kappa shape index (κ1) is 49.5. The van der Waals surface area contributed by atoms with Crippen molar-refractivity contribution < 1.29 is 0 Å². The third-order valence-electron chi connectivity index (χ3n) is 2.79. The van der Waals surface area contributed by atoms with E-state index >= 15 is 0 Å². The van der Waals surface area contributed by atoms with E-state index < -0.39 is 0 Å². The molecule has 0 aliphatic heterocycles. The molecule has 5 nitrogen and oxygen atoms in total. The Morgan fingerprint density at radius 2 is 0.882 bits per heavy atom. The summed E-state index contributed by atoms with van der Waals surface area (Å²) in [5.74, 6) is 0.833.